The summed E-state index contributed by atoms with van der Waals surface area (Å²) < 4.78 is 0. The van der Waals surface area contributed by atoms with Gasteiger partial charge in [0.05, 0.1) is 15.7 Å². The van der Waals surface area contributed by atoms with Gasteiger partial charge in [-0.1, -0.05) is 53.5 Å². The topological polar surface area (TPSA) is 62.2 Å². The van der Waals surface area contributed by atoms with Crippen LogP contribution in [-0.4, -0.2) is 11.5 Å². The first-order chi connectivity index (χ1) is 9.09. The van der Waals surface area contributed by atoms with Crippen molar-refractivity contribution in [3.05, 3.63) is 64.1 Å². The zero-order valence-corrected chi connectivity index (χ0v) is 11.4. The van der Waals surface area contributed by atoms with Crippen LogP contribution in [0.2, 0.25) is 10.0 Å². The first-order valence-corrected chi connectivity index (χ1v) is 6.27. The molecule has 0 saturated heterocycles. The summed E-state index contributed by atoms with van der Waals surface area (Å²) in [6.45, 7) is 0. The summed E-state index contributed by atoms with van der Waals surface area (Å²) in [5, 5.41) is 8.40. The maximum Gasteiger partial charge on any atom is 0.142 e. The van der Waals surface area contributed by atoms with E-state index in [1.165, 1.54) is 0 Å². The minimum absolute atomic E-state index is 0.159. The third-order valence-electron chi connectivity index (χ3n) is 2.46. The van der Waals surface area contributed by atoms with Crippen molar-refractivity contribution < 1.29 is 0 Å². The summed E-state index contributed by atoms with van der Waals surface area (Å²) in [6, 6.07) is 14.4. The Kier molecular flexibility index (Phi) is 4.20. The third-order valence-corrected chi connectivity index (χ3v) is 3.28. The van der Waals surface area contributed by atoms with Gasteiger partial charge in [0, 0.05) is 5.56 Å². The normalized spacial score (nSPS) is 11.4. The molecule has 2 aromatic carbocycles. The second kappa shape index (κ2) is 5.87. The summed E-state index contributed by atoms with van der Waals surface area (Å²) >= 11 is 12.1. The molecule has 0 spiro atoms. The molecule has 2 rings (SSSR count). The van der Waals surface area contributed by atoms with Crippen LogP contribution < -0.4 is 5.73 Å². The minimum Gasteiger partial charge on any atom is -0.382 e. The molecule has 19 heavy (non-hydrogen) atoms. The molecule has 3 N–H and O–H groups in total. The molecule has 0 atom stereocenters. The summed E-state index contributed by atoms with van der Waals surface area (Å²) in [4.78, 5) is 4.35. The van der Waals surface area contributed by atoms with E-state index in [2.05, 4.69) is 4.99 Å². The molecule has 0 aliphatic heterocycles. The number of rotatable bonds is 3. The van der Waals surface area contributed by atoms with Gasteiger partial charge < -0.3 is 5.73 Å². The molecule has 5 heteroatoms. The van der Waals surface area contributed by atoms with Gasteiger partial charge in [-0.25, -0.2) is 4.99 Å². The third kappa shape index (κ3) is 3.13. The fourth-order valence-corrected chi connectivity index (χ4v) is 1.97. The van der Waals surface area contributed by atoms with Gasteiger partial charge in [-0.05, 0) is 18.2 Å². The first kappa shape index (κ1) is 13.6. The van der Waals surface area contributed by atoms with Crippen LogP contribution in [0, 0.1) is 5.41 Å². The van der Waals surface area contributed by atoms with Crippen molar-refractivity contribution in [3.63, 3.8) is 0 Å². The van der Waals surface area contributed by atoms with Crippen LogP contribution >= 0.6 is 23.2 Å². The maximum atomic E-state index is 7.65. The van der Waals surface area contributed by atoms with Crippen molar-refractivity contribution in [3.8, 4) is 0 Å². The lowest BCUT2D eigenvalue weighted by molar-refractivity contribution is 1.44. The predicted molar refractivity (Wildman–Crippen MR) is 81.0 cm³/mol. The van der Waals surface area contributed by atoms with Gasteiger partial charge in [-0.15, -0.1) is 0 Å². The average molecular weight is 292 g/mol. The Morgan fingerprint density at radius 2 is 1.68 bits per heavy atom. The van der Waals surface area contributed by atoms with Crippen LogP contribution in [-0.2, 0) is 0 Å². The molecule has 0 amide bonds. The number of para-hydroxylation sites is 1. The van der Waals surface area contributed by atoms with E-state index < -0.39 is 0 Å². The number of benzene rings is 2. The van der Waals surface area contributed by atoms with Crippen LogP contribution in [0.4, 0.5) is 5.69 Å². The standard InChI is InChI=1S/C14H11Cl2N3/c15-11-8-4-7-10(12(11)16)13(14(17)18)19-9-5-2-1-3-6-9/h1-8H,(H3,17,18). The molecule has 0 aliphatic carbocycles. The maximum absolute atomic E-state index is 7.65. The van der Waals surface area contributed by atoms with Crippen LogP contribution in [0.15, 0.2) is 53.5 Å². The molecule has 0 saturated carbocycles. The Labute approximate surface area is 121 Å². The molecule has 0 aliphatic rings. The number of hydrogen-bond acceptors (Lipinski definition) is 2. The molecular formula is C14H11Cl2N3. The Balaban J connectivity index is 2.56. The highest BCUT2D eigenvalue weighted by atomic mass is 35.5. The highest BCUT2D eigenvalue weighted by molar-refractivity contribution is 6.52. The molecule has 0 unspecified atom stereocenters. The van der Waals surface area contributed by atoms with Crippen LogP contribution in [0.3, 0.4) is 0 Å². The smallest absolute Gasteiger partial charge is 0.142 e. The number of aliphatic imine (C=N–C) groups is 1. The van der Waals surface area contributed by atoms with Crippen LogP contribution in [0.25, 0.3) is 0 Å². The van der Waals surface area contributed by atoms with Gasteiger partial charge in [0.25, 0.3) is 0 Å². The monoisotopic (exact) mass is 291 g/mol. The Morgan fingerprint density at radius 3 is 2.32 bits per heavy atom. The molecule has 3 nitrogen and oxygen atoms in total. The van der Waals surface area contributed by atoms with E-state index >= 15 is 0 Å². The lowest BCUT2D eigenvalue weighted by Gasteiger charge is -2.08. The average Bonchev–Trinajstić information content (AvgIpc) is 2.40. The van der Waals surface area contributed by atoms with E-state index in [0.29, 0.717) is 27.0 Å². The molecule has 0 aromatic heterocycles. The van der Waals surface area contributed by atoms with E-state index in [9.17, 15) is 0 Å². The van der Waals surface area contributed by atoms with Crippen molar-refractivity contribution in [2.75, 3.05) is 0 Å². The lowest BCUT2D eigenvalue weighted by atomic mass is 10.1. The lowest BCUT2D eigenvalue weighted by Crippen LogP contribution is -2.23. The molecule has 2 aromatic rings. The molecule has 96 valence electrons. The number of hydrogen-bond donors (Lipinski definition) is 2. The van der Waals surface area contributed by atoms with E-state index in [4.69, 9.17) is 34.3 Å². The fraction of sp³-hybridized carbons (Fsp3) is 0. The molecule has 0 radical (unpaired) electrons. The van der Waals surface area contributed by atoms with Crippen molar-refractivity contribution >= 4 is 40.4 Å². The molecule has 0 fully saturated rings. The molecular weight excluding hydrogens is 281 g/mol. The van der Waals surface area contributed by atoms with Crippen molar-refractivity contribution in [1.29, 1.82) is 5.41 Å². The van der Waals surface area contributed by atoms with Crippen molar-refractivity contribution in [1.82, 2.24) is 0 Å². The van der Waals surface area contributed by atoms with E-state index in [0.717, 1.165) is 0 Å². The Hall–Kier alpha value is -1.84. The Bertz CT molecular complexity index is 636. The summed E-state index contributed by atoms with van der Waals surface area (Å²) in [5.74, 6) is -0.159. The van der Waals surface area contributed by atoms with Crippen molar-refractivity contribution in [2.24, 2.45) is 10.7 Å². The van der Waals surface area contributed by atoms with Gasteiger partial charge in [-0.2, -0.15) is 0 Å². The number of amidine groups is 1. The molecule has 0 heterocycles. The zero-order chi connectivity index (χ0) is 13.8. The number of nitrogens with zero attached hydrogens (tertiary/aromatic N) is 1. The largest absolute Gasteiger partial charge is 0.382 e. The van der Waals surface area contributed by atoms with Gasteiger partial charge in [0.15, 0.2) is 0 Å². The van der Waals surface area contributed by atoms with Gasteiger partial charge >= 0.3 is 0 Å². The van der Waals surface area contributed by atoms with Crippen molar-refractivity contribution in [2.45, 2.75) is 0 Å². The Morgan fingerprint density at radius 1 is 1.00 bits per heavy atom. The number of nitrogens with one attached hydrogen (secondary N) is 1. The quantitative estimate of drug-likeness (QED) is 0.650. The highest BCUT2D eigenvalue weighted by Crippen LogP contribution is 2.27. The summed E-state index contributed by atoms with van der Waals surface area (Å²) in [5.41, 5.74) is 7.14. The summed E-state index contributed by atoms with van der Waals surface area (Å²) in [6.07, 6.45) is 0. The van der Waals surface area contributed by atoms with Gasteiger partial charge in [0.1, 0.15) is 11.5 Å². The SMILES string of the molecule is N=C(N)C(=Nc1ccccc1)c1cccc(Cl)c1Cl. The number of nitrogens with two attached hydrogens (primary N) is 1. The van der Waals surface area contributed by atoms with Crippen LogP contribution in [0.1, 0.15) is 5.56 Å². The second-order valence-electron chi connectivity index (χ2n) is 3.81. The van der Waals surface area contributed by atoms with E-state index in [1.54, 1.807) is 18.2 Å². The fourth-order valence-electron chi connectivity index (χ4n) is 1.58. The van der Waals surface area contributed by atoms with Gasteiger partial charge in [0.2, 0.25) is 0 Å². The zero-order valence-electron chi connectivity index (χ0n) is 9.90. The summed E-state index contributed by atoms with van der Waals surface area (Å²) in [7, 11) is 0. The van der Waals surface area contributed by atoms with E-state index in [-0.39, 0.29) is 5.84 Å². The predicted octanol–water partition coefficient (Wildman–Crippen LogP) is 4.05. The minimum atomic E-state index is -0.159. The van der Waals surface area contributed by atoms with Gasteiger partial charge in [-0.3, -0.25) is 5.41 Å². The second-order valence-corrected chi connectivity index (χ2v) is 4.60. The highest BCUT2D eigenvalue weighted by Gasteiger charge is 2.13. The first-order valence-electron chi connectivity index (χ1n) is 5.52. The van der Waals surface area contributed by atoms with Crippen LogP contribution in [0.5, 0.6) is 0 Å². The van der Waals surface area contributed by atoms with E-state index in [1.807, 2.05) is 30.3 Å². The number of halogens is 2. The molecule has 0 bridgehead atoms.